The monoisotopic (exact) mass is 82.0 g/mol. The summed E-state index contributed by atoms with van der Waals surface area (Å²) in [5.74, 6) is 1.79. The number of halogens is 1. The Labute approximate surface area is 36.6 Å². The van der Waals surface area contributed by atoms with Gasteiger partial charge in [0.15, 0.2) is 0 Å². The van der Waals surface area contributed by atoms with Crippen molar-refractivity contribution in [1.82, 2.24) is 0 Å². The van der Waals surface area contributed by atoms with Gasteiger partial charge in [-0.1, -0.05) is 6.08 Å². The van der Waals surface area contributed by atoms with E-state index >= 15 is 0 Å². The van der Waals surface area contributed by atoms with Crippen LogP contribution in [0.25, 0.3) is 0 Å². The summed E-state index contributed by atoms with van der Waals surface area (Å²) in [5.41, 5.74) is -0.0324. The Kier molecular flexibility index (Phi) is 0.786. The summed E-state index contributed by atoms with van der Waals surface area (Å²) in [7, 11) is 0.500. The summed E-state index contributed by atoms with van der Waals surface area (Å²) >= 11 is 0. The van der Waals surface area contributed by atoms with Crippen molar-refractivity contribution in [3.63, 3.8) is 0 Å². The van der Waals surface area contributed by atoms with E-state index in [1.54, 1.807) is 12.1 Å². The molecule has 0 aromatic carbocycles. The fourth-order valence-corrected chi connectivity index (χ4v) is 0.421. The van der Waals surface area contributed by atoms with Crippen molar-refractivity contribution in [1.29, 1.82) is 0 Å². The van der Waals surface area contributed by atoms with Crippen molar-refractivity contribution >= 4 is 7.28 Å². The highest BCUT2D eigenvalue weighted by Crippen LogP contribution is 1.99. The maximum atomic E-state index is 11.7. The van der Waals surface area contributed by atoms with Crippen molar-refractivity contribution < 1.29 is 4.39 Å². The van der Waals surface area contributed by atoms with Crippen LogP contribution in [-0.2, 0) is 0 Å². The van der Waals surface area contributed by atoms with Gasteiger partial charge in [0.05, 0.1) is 5.73 Å². The molecule has 0 nitrogen and oxygen atoms in total. The zero-order valence-electron chi connectivity index (χ0n) is 3.32. The maximum Gasteiger partial charge on any atom is 0.220 e. The molecule has 0 bridgehead atoms. The average molecular weight is 81.9 g/mol. The van der Waals surface area contributed by atoms with Gasteiger partial charge in [-0.05, 0) is 6.08 Å². The van der Waals surface area contributed by atoms with Gasteiger partial charge in [0.25, 0.3) is 0 Å². The molecular weight excluding hydrogens is 77.9 g/mol. The van der Waals surface area contributed by atoms with E-state index in [4.69, 9.17) is 0 Å². The van der Waals surface area contributed by atoms with Crippen LogP contribution in [0.1, 0.15) is 0 Å². The molecule has 0 saturated heterocycles. The first-order chi connectivity index (χ1) is 2.89. The molecule has 30 valence electrons. The first-order valence-corrected chi connectivity index (χ1v) is 1.91. The molecule has 0 saturated carbocycles. The van der Waals surface area contributed by atoms with E-state index in [-0.39, 0.29) is 5.73 Å². The van der Waals surface area contributed by atoms with Crippen LogP contribution in [0.15, 0.2) is 23.9 Å². The second-order valence-electron chi connectivity index (χ2n) is 1.25. The third kappa shape index (κ3) is 0.508. The molecule has 0 N–H and O–H groups in total. The Morgan fingerprint density at radius 2 is 2.50 bits per heavy atom. The Bertz CT molecular complexity index is 104. The summed E-state index contributed by atoms with van der Waals surface area (Å²) < 4.78 is 11.7. The first kappa shape index (κ1) is 3.66. The SMILES string of the molecule is FC1=CC=CB1. The molecule has 6 heavy (non-hydrogen) atoms. The lowest BCUT2D eigenvalue weighted by Crippen LogP contribution is -1.75. The van der Waals surface area contributed by atoms with E-state index in [2.05, 4.69) is 0 Å². The lowest BCUT2D eigenvalue weighted by atomic mass is 9.81. The maximum absolute atomic E-state index is 11.7. The molecule has 0 spiro atoms. The molecule has 1 rings (SSSR count). The molecule has 0 amide bonds. The van der Waals surface area contributed by atoms with Crippen molar-refractivity contribution in [3.8, 4) is 0 Å². The molecule has 0 aromatic rings. The molecule has 1 aliphatic rings. The number of hydrogen-bond donors (Lipinski definition) is 0. The summed E-state index contributed by atoms with van der Waals surface area (Å²) in [6.07, 6.45) is 3.19. The normalized spacial score (nSPS) is 17.2. The van der Waals surface area contributed by atoms with Gasteiger partial charge in [-0.3, -0.25) is 0 Å². The predicted octanol–water partition coefficient (Wildman–Crippen LogP) is 0.761. The topological polar surface area (TPSA) is 0 Å². The van der Waals surface area contributed by atoms with Gasteiger partial charge in [0.1, 0.15) is 0 Å². The van der Waals surface area contributed by atoms with Crippen LogP contribution >= 0.6 is 0 Å². The van der Waals surface area contributed by atoms with Gasteiger partial charge in [-0.2, -0.15) is 0 Å². The average Bonchev–Trinajstić information content (AvgIpc) is 1.86. The third-order valence-corrected chi connectivity index (χ3v) is 0.726. The first-order valence-electron chi connectivity index (χ1n) is 1.91. The Morgan fingerprint density at radius 3 is 2.67 bits per heavy atom. The molecule has 0 aromatic heterocycles. The second kappa shape index (κ2) is 1.29. The molecule has 0 aliphatic carbocycles. The highest BCUT2D eigenvalue weighted by atomic mass is 19.1. The standard InChI is InChI=1S/C4H4BF/c6-4-2-1-3-5-4/h1-3,5H. The molecule has 0 fully saturated rings. The van der Waals surface area contributed by atoms with Crippen LogP contribution < -0.4 is 0 Å². The second-order valence-corrected chi connectivity index (χ2v) is 1.25. The van der Waals surface area contributed by atoms with E-state index in [0.29, 0.717) is 7.28 Å². The van der Waals surface area contributed by atoms with Crippen LogP contribution in [0.4, 0.5) is 4.39 Å². The fraction of sp³-hybridized carbons (Fsp3) is 0. The van der Waals surface area contributed by atoms with Crippen LogP contribution in [0.2, 0.25) is 0 Å². The van der Waals surface area contributed by atoms with Crippen molar-refractivity contribution in [2.45, 2.75) is 0 Å². The molecule has 1 aliphatic heterocycles. The van der Waals surface area contributed by atoms with E-state index < -0.39 is 0 Å². The summed E-state index contributed by atoms with van der Waals surface area (Å²) in [6, 6.07) is 0. The van der Waals surface area contributed by atoms with Crippen molar-refractivity contribution in [2.24, 2.45) is 0 Å². The largest absolute Gasteiger partial charge is 0.223 e. The van der Waals surface area contributed by atoms with Crippen LogP contribution in [-0.4, -0.2) is 7.28 Å². The minimum Gasteiger partial charge on any atom is -0.223 e. The molecule has 1 heterocycles. The number of hydrogen-bond acceptors (Lipinski definition) is 0. The van der Waals surface area contributed by atoms with Crippen LogP contribution in [0.3, 0.4) is 0 Å². The Morgan fingerprint density at radius 1 is 1.67 bits per heavy atom. The third-order valence-electron chi connectivity index (χ3n) is 0.726. The molecule has 2 heteroatoms. The molecule has 0 unspecified atom stereocenters. The minimum atomic E-state index is -0.0324. The lowest BCUT2D eigenvalue weighted by Gasteiger charge is -1.70. The van der Waals surface area contributed by atoms with Gasteiger partial charge in [0.2, 0.25) is 7.28 Å². The highest BCUT2D eigenvalue weighted by molar-refractivity contribution is 6.51. The molecule has 0 radical (unpaired) electrons. The lowest BCUT2D eigenvalue weighted by molar-refractivity contribution is 0.694. The Hall–Kier alpha value is -0.525. The Balaban J connectivity index is 2.61. The van der Waals surface area contributed by atoms with Gasteiger partial charge in [-0.25, -0.2) is 4.39 Å². The van der Waals surface area contributed by atoms with Gasteiger partial charge in [-0.15, -0.1) is 5.98 Å². The van der Waals surface area contributed by atoms with Gasteiger partial charge >= 0.3 is 0 Å². The van der Waals surface area contributed by atoms with Crippen LogP contribution in [0.5, 0.6) is 0 Å². The van der Waals surface area contributed by atoms with Crippen LogP contribution in [0, 0.1) is 0 Å². The zero-order chi connectivity index (χ0) is 4.41. The highest BCUT2D eigenvalue weighted by Gasteiger charge is 1.94. The van der Waals surface area contributed by atoms with E-state index in [1.807, 2.05) is 0 Å². The van der Waals surface area contributed by atoms with Gasteiger partial charge < -0.3 is 0 Å². The van der Waals surface area contributed by atoms with Gasteiger partial charge in [0, 0.05) is 0 Å². The summed E-state index contributed by atoms with van der Waals surface area (Å²) in [4.78, 5) is 0. The van der Waals surface area contributed by atoms with E-state index in [9.17, 15) is 4.39 Å². The minimum absolute atomic E-state index is 0.0324. The predicted molar refractivity (Wildman–Crippen MR) is 25.5 cm³/mol. The fourth-order valence-electron chi connectivity index (χ4n) is 0.421. The summed E-state index contributed by atoms with van der Waals surface area (Å²) in [6.45, 7) is 0. The number of rotatable bonds is 0. The summed E-state index contributed by atoms with van der Waals surface area (Å²) in [5, 5.41) is 0. The van der Waals surface area contributed by atoms with E-state index in [0.717, 1.165) is 0 Å². The number of allylic oxidation sites excluding steroid dienone is 2. The zero-order valence-corrected chi connectivity index (χ0v) is 3.32. The van der Waals surface area contributed by atoms with Crippen molar-refractivity contribution in [3.05, 3.63) is 23.9 Å². The quantitative estimate of drug-likeness (QED) is 0.378. The molecular formula is C4H4BF. The van der Waals surface area contributed by atoms with E-state index in [1.165, 1.54) is 6.08 Å². The molecule has 0 atom stereocenters. The van der Waals surface area contributed by atoms with Crippen molar-refractivity contribution in [2.75, 3.05) is 0 Å². The smallest absolute Gasteiger partial charge is 0.220 e.